The van der Waals surface area contributed by atoms with Crippen LogP contribution in [0.2, 0.25) is 0 Å². The first-order valence-electron chi connectivity index (χ1n) is 5.76. The Kier molecular flexibility index (Phi) is 5.63. The molecule has 0 atom stereocenters. The predicted octanol–water partition coefficient (Wildman–Crippen LogP) is 0.979. The number of methoxy groups -OCH3 is 1. The molecule has 7 nitrogen and oxygen atoms in total. The van der Waals surface area contributed by atoms with Crippen LogP contribution in [0.15, 0.2) is 0 Å². The molecular formula is C11H16N2O5S2. The van der Waals surface area contributed by atoms with Crippen molar-refractivity contribution in [3.63, 3.8) is 0 Å². The van der Waals surface area contributed by atoms with E-state index in [0.29, 0.717) is 18.1 Å². The van der Waals surface area contributed by atoms with Crippen LogP contribution in [0.25, 0.3) is 0 Å². The van der Waals surface area contributed by atoms with Gasteiger partial charge in [-0.05, 0) is 6.42 Å². The van der Waals surface area contributed by atoms with Gasteiger partial charge < -0.3 is 10.1 Å². The van der Waals surface area contributed by atoms with E-state index >= 15 is 0 Å². The average molecular weight is 320 g/mol. The van der Waals surface area contributed by atoms with Crippen LogP contribution in [-0.2, 0) is 14.6 Å². The minimum absolute atomic E-state index is 0.0180. The van der Waals surface area contributed by atoms with Crippen LogP contribution in [0, 0.1) is 0 Å². The predicted molar refractivity (Wildman–Crippen MR) is 76.3 cm³/mol. The van der Waals surface area contributed by atoms with Crippen molar-refractivity contribution in [2.45, 2.75) is 13.3 Å². The minimum atomic E-state index is -3.00. The first kappa shape index (κ1) is 16.6. The van der Waals surface area contributed by atoms with Crippen molar-refractivity contribution >= 4 is 38.1 Å². The summed E-state index contributed by atoms with van der Waals surface area (Å²) in [5, 5.41) is 3.29. The first-order chi connectivity index (χ1) is 9.24. The number of Topliss-reactive ketones (excluding diaryl/α,β-unsaturated/α-hetero) is 1. The highest BCUT2D eigenvalue weighted by molar-refractivity contribution is 7.90. The number of rotatable bonds is 7. The zero-order valence-electron chi connectivity index (χ0n) is 11.4. The van der Waals surface area contributed by atoms with Gasteiger partial charge in [0.05, 0.1) is 12.9 Å². The number of ether oxygens (including phenoxy) is 1. The van der Waals surface area contributed by atoms with Crippen LogP contribution in [0.4, 0.5) is 5.13 Å². The van der Waals surface area contributed by atoms with E-state index < -0.39 is 15.8 Å². The summed E-state index contributed by atoms with van der Waals surface area (Å²) in [6, 6.07) is 0. The molecule has 20 heavy (non-hydrogen) atoms. The van der Waals surface area contributed by atoms with Crippen LogP contribution < -0.4 is 5.32 Å². The van der Waals surface area contributed by atoms with E-state index in [9.17, 15) is 18.0 Å². The fourth-order valence-corrected chi connectivity index (χ4v) is 2.94. The summed E-state index contributed by atoms with van der Waals surface area (Å²) < 4.78 is 26.5. The fraction of sp³-hybridized carbons (Fsp3) is 0.545. The van der Waals surface area contributed by atoms with Gasteiger partial charge in [-0.2, -0.15) is 0 Å². The molecule has 1 heterocycles. The Bertz CT molecular complexity index is 606. The number of hydrogen-bond acceptors (Lipinski definition) is 8. The molecule has 9 heteroatoms. The monoisotopic (exact) mass is 320 g/mol. The quantitative estimate of drug-likeness (QED) is 0.454. The summed E-state index contributed by atoms with van der Waals surface area (Å²) in [4.78, 5) is 27.1. The molecule has 0 fully saturated rings. The molecule has 0 radical (unpaired) electrons. The largest absolute Gasteiger partial charge is 0.464 e. The number of aromatic nitrogens is 1. The van der Waals surface area contributed by atoms with Crippen molar-refractivity contribution < 1.29 is 22.7 Å². The van der Waals surface area contributed by atoms with E-state index in [1.807, 2.05) is 0 Å². The van der Waals surface area contributed by atoms with Gasteiger partial charge in [-0.15, -0.1) is 0 Å². The second-order valence-electron chi connectivity index (χ2n) is 4.15. The minimum Gasteiger partial charge on any atom is -0.464 e. The van der Waals surface area contributed by atoms with E-state index in [0.717, 1.165) is 11.3 Å². The highest BCUT2D eigenvalue weighted by atomic mass is 32.2. The average Bonchev–Trinajstić information content (AvgIpc) is 2.77. The molecule has 112 valence electrons. The molecule has 1 aromatic rings. The Labute approximate surface area is 121 Å². The van der Waals surface area contributed by atoms with Crippen LogP contribution in [0.3, 0.4) is 0 Å². The van der Waals surface area contributed by atoms with Crippen LogP contribution in [-0.4, -0.2) is 50.8 Å². The van der Waals surface area contributed by atoms with E-state index in [4.69, 9.17) is 0 Å². The zero-order chi connectivity index (χ0) is 15.3. The molecule has 0 aliphatic rings. The Morgan fingerprint density at radius 2 is 2.05 bits per heavy atom. The Balaban J connectivity index is 2.72. The Morgan fingerprint density at radius 1 is 1.40 bits per heavy atom. The Morgan fingerprint density at radius 3 is 2.55 bits per heavy atom. The maximum atomic E-state index is 11.5. The van der Waals surface area contributed by atoms with Crippen molar-refractivity contribution in [1.29, 1.82) is 0 Å². The van der Waals surface area contributed by atoms with Gasteiger partial charge in [0.1, 0.15) is 14.7 Å². The summed E-state index contributed by atoms with van der Waals surface area (Å²) in [5.41, 5.74) is -0.0180. The maximum Gasteiger partial charge on any atom is 0.358 e. The van der Waals surface area contributed by atoms with E-state index in [1.54, 1.807) is 0 Å². The van der Waals surface area contributed by atoms with Gasteiger partial charge in [0.25, 0.3) is 0 Å². The SMILES string of the molecule is COC(=O)c1nc(NCCCS(C)(=O)=O)sc1C(C)=O. The van der Waals surface area contributed by atoms with Crippen molar-refractivity contribution in [3.05, 3.63) is 10.6 Å². The lowest BCUT2D eigenvalue weighted by atomic mass is 10.3. The van der Waals surface area contributed by atoms with Gasteiger partial charge in [0, 0.05) is 19.7 Å². The molecule has 0 bridgehead atoms. The number of carbonyl (C=O) groups excluding carboxylic acids is 2. The van der Waals surface area contributed by atoms with Crippen molar-refractivity contribution in [2.75, 3.05) is 31.0 Å². The standard InChI is InChI=1S/C11H16N2O5S2/c1-7(14)9-8(10(15)18-2)13-11(19-9)12-5-4-6-20(3,16)17/h4-6H2,1-3H3,(H,12,13). The van der Waals surface area contributed by atoms with Crippen LogP contribution in [0.5, 0.6) is 0 Å². The van der Waals surface area contributed by atoms with Crippen LogP contribution >= 0.6 is 11.3 Å². The highest BCUT2D eigenvalue weighted by Gasteiger charge is 2.21. The molecule has 1 N–H and O–H groups in total. The van der Waals surface area contributed by atoms with Gasteiger partial charge in [-0.1, -0.05) is 11.3 Å². The highest BCUT2D eigenvalue weighted by Crippen LogP contribution is 2.24. The molecule has 0 aromatic carbocycles. The molecular weight excluding hydrogens is 304 g/mol. The summed E-state index contributed by atoms with van der Waals surface area (Å²) in [6.45, 7) is 1.73. The Hall–Kier alpha value is -1.48. The third-order valence-electron chi connectivity index (χ3n) is 2.29. The van der Waals surface area contributed by atoms with Gasteiger partial charge in [-0.25, -0.2) is 18.2 Å². The number of esters is 1. The molecule has 0 amide bonds. The smallest absolute Gasteiger partial charge is 0.358 e. The topological polar surface area (TPSA) is 102 Å². The van der Waals surface area contributed by atoms with Crippen LogP contribution in [0.1, 0.15) is 33.5 Å². The molecule has 1 rings (SSSR count). The molecule has 0 saturated heterocycles. The zero-order valence-corrected chi connectivity index (χ0v) is 13.1. The number of carbonyl (C=O) groups is 2. The lowest BCUT2D eigenvalue weighted by Gasteiger charge is -2.01. The maximum absolute atomic E-state index is 11.5. The van der Waals surface area contributed by atoms with Gasteiger partial charge in [-0.3, -0.25) is 4.79 Å². The number of thiazole rings is 1. The van der Waals surface area contributed by atoms with E-state index in [2.05, 4.69) is 15.0 Å². The summed E-state index contributed by atoms with van der Waals surface area (Å²) in [6.07, 6.45) is 1.58. The number of sulfone groups is 1. The van der Waals surface area contributed by atoms with Gasteiger partial charge in [0.2, 0.25) is 0 Å². The molecule has 0 saturated carbocycles. The lowest BCUT2D eigenvalue weighted by Crippen LogP contribution is -2.10. The molecule has 1 aromatic heterocycles. The first-order valence-corrected chi connectivity index (χ1v) is 8.64. The van der Waals surface area contributed by atoms with Crippen molar-refractivity contribution in [3.8, 4) is 0 Å². The number of anilines is 1. The fourth-order valence-electron chi connectivity index (χ4n) is 1.40. The lowest BCUT2D eigenvalue weighted by molar-refractivity contribution is 0.0591. The molecule has 0 unspecified atom stereocenters. The second kappa shape index (κ2) is 6.80. The third-order valence-corrected chi connectivity index (χ3v) is 4.44. The normalized spacial score (nSPS) is 11.2. The van der Waals surface area contributed by atoms with Crippen molar-refractivity contribution in [2.24, 2.45) is 0 Å². The number of nitrogens with one attached hydrogen (secondary N) is 1. The van der Waals surface area contributed by atoms with Crippen molar-refractivity contribution in [1.82, 2.24) is 4.98 Å². The van der Waals surface area contributed by atoms with E-state index in [1.165, 1.54) is 20.3 Å². The molecule has 0 aliphatic heterocycles. The van der Waals surface area contributed by atoms with Gasteiger partial charge >= 0.3 is 5.97 Å². The van der Waals surface area contributed by atoms with Gasteiger partial charge in [0.15, 0.2) is 16.6 Å². The number of nitrogens with zero attached hydrogens (tertiary/aromatic N) is 1. The van der Waals surface area contributed by atoms with E-state index in [-0.39, 0.29) is 22.1 Å². The summed E-state index contributed by atoms with van der Waals surface area (Å²) in [7, 11) is -1.78. The molecule has 0 aliphatic carbocycles. The number of hydrogen-bond donors (Lipinski definition) is 1. The summed E-state index contributed by atoms with van der Waals surface area (Å²) in [5.74, 6) is -0.878. The third kappa shape index (κ3) is 4.89. The molecule has 0 spiro atoms. The summed E-state index contributed by atoms with van der Waals surface area (Å²) >= 11 is 1.05. The second-order valence-corrected chi connectivity index (χ2v) is 7.41. The number of ketones is 1.